The van der Waals surface area contributed by atoms with Crippen molar-refractivity contribution in [2.45, 2.75) is 46.6 Å². The predicted octanol–water partition coefficient (Wildman–Crippen LogP) is 2.64. The number of hydrogen-bond acceptors (Lipinski definition) is 1. The van der Waals surface area contributed by atoms with Gasteiger partial charge in [0.1, 0.15) is 0 Å². The van der Waals surface area contributed by atoms with E-state index >= 15 is 0 Å². The number of nitrogens with zero attached hydrogens (tertiary/aromatic N) is 1. The number of hydrogen-bond donors (Lipinski definition) is 1. The van der Waals surface area contributed by atoms with Crippen molar-refractivity contribution in [3.8, 4) is 0 Å². The van der Waals surface area contributed by atoms with Gasteiger partial charge >= 0.3 is 0 Å². The van der Waals surface area contributed by atoms with Crippen molar-refractivity contribution in [1.82, 2.24) is 10.2 Å². The molecule has 0 radical (unpaired) electrons. The second-order valence-corrected chi connectivity index (χ2v) is 5.80. The van der Waals surface area contributed by atoms with Crippen molar-refractivity contribution in [2.75, 3.05) is 13.1 Å². The van der Waals surface area contributed by atoms with Gasteiger partial charge in [-0.15, -0.1) is 0 Å². The summed E-state index contributed by atoms with van der Waals surface area (Å²) in [6.45, 7) is 11.1. The van der Waals surface area contributed by atoms with Crippen LogP contribution in [0.2, 0.25) is 0 Å². The Hall–Kier alpha value is -0.310. The predicted molar refractivity (Wildman–Crippen MR) is 70.0 cm³/mol. The van der Waals surface area contributed by atoms with Gasteiger partial charge in [0.2, 0.25) is 0 Å². The van der Waals surface area contributed by atoms with Crippen LogP contribution in [-0.2, 0) is 0 Å². The maximum Gasteiger partial charge on any atom is 0.169 e. The van der Waals surface area contributed by atoms with Crippen LogP contribution in [0.5, 0.6) is 0 Å². The highest BCUT2D eigenvalue weighted by atomic mass is 32.1. The summed E-state index contributed by atoms with van der Waals surface area (Å²) in [5.74, 6) is 1.34. The van der Waals surface area contributed by atoms with E-state index in [2.05, 4.69) is 37.9 Å². The molecule has 0 spiro atoms. The summed E-state index contributed by atoms with van der Waals surface area (Å²) in [5, 5.41) is 4.38. The van der Waals surface area contributed by atoms with Gasteiger partial charge in [-0.25, -0.2) is 0 Å². The smallest absolute Gasteiger partial charge is 0.169 e. The molecule has 0 aromatic carbocycles. The van der Waals surface area contributed by atoms with Gasteiger partial charge in [0.15, 0.2) is 5.11 Å². The molecule has 1 fully saturated rings. The molecule has 1 N–H and O–H groups in total. The molecule has 0 aromatic heterocycles. The van der Waals surface area contributed by atoms with Crippen LogP contribution in [0.15, 0.2) is 0 Å². The molecule has 1 rings (SSSR count). The van der Waals surface area contributed by atoms with Gasteiger partial charge in [0.05, 0.1) is 0 Å². The lowest BCUT2D eigenvalue weighted by atomic mass is 10.1. The van der Waals surface area contributed by atoms with E-state index in [0.717, 1.165) is 18.2 Å². The normalized spacial score (nSPS) is 15.9. The quantitative estimate of drug-likeness (QED) is 0.728. The van der Waals surface area contributed by atoms with Crippen LogP contribution >= 0.6 is 12.2 Å². The molecule has 0 bridgehead atoms. The Balaban J connectivity index is 2.40. The molecule has 88 valence electrons. The molecule has 0 heterocycles. The van der Waals surface area contributed by atoms with Crippen molar-refractivity contribution < 1.29 is 0 Å². The number of thiocarbonyl (C=S) groups is 1. The first-order valence-electron chi connectivity index (χ1n) is 6.04. The minimum Gasteiger partial charge on any atom is -0.360 e. The molecule has 3 heteroatoms. The van der Waals surface area contributed by atoms with Gasteiger partial charge in [0.25, 0.3) is 0 Å². The van der Waals surface area contributed by atoms with E-state index < -0.39 is 0 Å². The van der Waals surface area contributed by atoms with Crippen LogP contribution in [0, 0.1) is 11.8 Å². The Kier molecular flexibility index (Phi) is 4.84. The van der Waals surface area contributed by atoms with E-state index in [0.29, 0.717) is 17.9 Å². The molecule has 0 aromatic rings. The second kappa shape index (κ2) is 5.69. The molecule has 0 aliphatic heterocycles. The molecule has 15 heavy (non-hydrogen) atoms. The van der Waals surface area contributed by atoms with Gasteiger partial charge in [0, 0.05) is 19.1 Å². The molecule has 1 saturated carbocycles. The molecule has 0 unspecified atom stereocenters. The lowest BCUT2D eigenvalue weighted by molar-refractivity contribution is 0.324. The Morgan fingerprint density at radius 1 is 1.20 bits per heavy atom. The maximum atomic E-state index is 5.44. The van der Waals surface area contributed by atoms with Crippen LogP contribution < -0.4 is 5.32 Å². The Bertz CT molecular complexity index is 200. The zero-order valence-electron chi connectivity index (χ0n) is 10.4. The molecule has 0 saturated heterocycles. The molecule has 1 aliphatic rings. The third-order valence-electron chi connectivity index (χ3n) is 2.36. The molecule has 0 atom stereocenters. The van der Waals surface area contributed by atoms with E-state index in [-0.39, 0.29) is 0 Å². The van der Waals surface area contributed by atoms with E-state index in [4.69, 9.17) is 12.2 Å². The monoisotopic (exact) mass is 228 g/mol. The average Bonchev–Trinajstić information content (AvgIpc) is 2.85. The van der Waals surface area contributed by atoms with Crippen LogP contribution in [0.25, 0.3) is 0 Å². The fourth-order valence-electron chi connectivity index (χ4n) is 1.62. The fourth-order valence-corrected chi connectivity index (χ4v) is 1.93. The number of rotatable bonds is 5. The minimum absolute atomic E-state index is 0.666. The second-order valence-electron chi connectivity index (χ2n) is 5.42. The van der Waals surface area contributed by atoms with E-state index in [1.54, 1.807) is 0 Å². The summed E-state index contributed by atoms with van der Waals surface area (Å²) >= 11 is 5.44. The molecule has 2 nitrogen and oxygen atoms in total. The van der Waals surface area contributed by atoms with Crippen LogP contribution in [0.3, 0.4) is 0 Å². The van der Waals surface area contributed by atoms with Gasteiger partial charge in [-0.1, -0.05) is 27.7 Å². The van der Waals surface area contributed by atoms with Crippen molar-refractivity contribution >= 4 is 17.3 Å². The van der Waals surface area contributed by atoms with Crippen molar-refractivity contribution in [3.05, 3.63) is 0 Å². The van der Waals surface area contributed by atoms with Crippen LogP contribution in [0.4, 0.5) is 0 Å². The lowest BCUT2D eigenvalue weighted by Crippen LogP contribution is -2.44. The maximum absolute atomic E-state index is 5.44. The standard InChI is InChI=1S/C12H24N2S/c1-9(2)7-14(8-10(3)4)12(15)13-11-5-6-11/h9-11H,5-8H2,1-4H3,(H,13,15). The zero-order valence-corrected chi connectivity index (χ0v) is 11.2. The average molecular weight is 228 g/mol. The summed E-state index contributed by atoms with van der Waals surface area (Å²) in [4.78, 5) is 2.32. The minimum atomic E-state index is 0.666. The van der Waals surface area contributed by atoms with E-state index in [1.807, 2.05) is 0 Å². The van der Waals surface area contributed by atoms with Crippen molar-refractivity contribution in [3.63, 3.8) is 0 Å². The topological polar surface area (TPSA) is 15.3 Å². The van der Waals surface area contributed by atoms with Crippen molar-refractivity contribution in [2.24, 2.45) is 11.8 Å². The Labute approximate surface area is 99.4 Å². The van der Waals surface area contributed by atoms with Gasteiger partial charge in [-0.3, -0.25) is 0 Å². The third kappa shape index (κ3) is 5.36. The SMILES string of the molecule is CC(C)CN(CC(C)C)C(=S)NC1CC1. The fraction of sp³-hybridized carbons (Fsp3) is 0.917. The van der Waals surface area contributed by atoms with Crippen LogP contribution in [-0.4, -0.2) is 29.1 Å². The molecular weight excluding hydrogens is 204 g/mol. The third-order valence-corrected chi connectivity index (χ3v) is 2.74. The molecular formula is C12H24N2S. The highest BCUT2D eigenvalue weighted by Gasteiger charge is 2.24. The van der Waals surface area contributed by atoms with Crippen LogP contribution in [0.1, 0.15) is 40.5 Å². The summed E-state index contributed by atoms with van der Waals surface area (Å²) in [7, 11) is 0. The van der Waals surface area contributed by atoms with E-state index in [9.17, 15) is 0 Å². The van der Waals surface area contributed by atoms with Gasteiger partial charge in [-0.2, -0.15) is 0 Å². The highest BCUT2D eigenvalue weighted by molar-refractivity contribution is 7.80. The zero-order chi connectivity index (χ0) is 11.4. The van der Waals surface area contributed by atoms with Gasteiger partial charge in [-0.05, 0) is 36.9 Å². The molecule has 1 aliphatic carbocycles. The summed E-state index contributed by atoms with van der Waals surface area (Å²) in [6, 6.07) is 0.666. The summed E-state index contributed by atoms with van der Waals surface area (Å²) in [6.07, 6.45) is 2.58. The first kappa shape index (κ1) is 12.8. The first-order chi connectivity index (χ1) is 6.99. The lowest BCUT2D eigenvalue weighted by Gasteiger charge is -2.29. The first-order valence-corrected chi connectivity index (χ1v) is 6.45. The van der Waals surface area contributed by atoms with E-state index in [1.165, 1.54) is 12.8 Å². The largest absolute Gasteiger partial charge is 0.360 e. The highest BCUT2D eigenvalue weighted by Crippen LogP contribution is 2.19. The summed E-state index contributed by atoms with van der Waals surface area (Å²) in [5.41, 5.74) is 0. The van der Waals surface area contributed by atoms with Crippen molar-refractivity contribution in [1.29, 1.82) is 0 Å². The summed E-state index contributed by atoms with van der Waals surface area (Å²) < 4.78 is 0. The Morgan fingerprint density at radius 2 is 1.67 bits per heavy atom. The van der Waals surface area contributed by atoms with Gasteiger partial charge < -0.3 is 10.2 Å². The number of nitrogens with one attached hydrogen (secondary N) is 1. The molecule has 0 amide bonds. The Morgan fingerprint density at radius 3 is 2.00 bits per heavy atom.